The summed E-state index contributed by atoms with van der Waals surface area (Å²) in [5, 5.41) is 7.07. The van der Waals surface area contributed by atoms with Crippen molar-refractivity contribution in [1.29, 1.82) is 0 Å². The quantitative estimate of drug-likeness (QED) is 0.396. The molecule has 3 unspecified atom stereocenters. The Morgan fingerprint density at radius 1 is 1.32 bits per heavy atom. The lowest BCUT2D eigenvalue weighted by Crippen LogP contribution is -2.38. The number of esters is 1. The highest BCUT2D eigenvalue weighted by Gasteiger charge is 2.54. The number of hydrogen-bond donors (Lipinski definition) is 2. The normalized spacial score (nSPS) is 20.8. The Labute approximate surface area is 232 Å². The Morgan fingerprint density at radius 2 is 2.10 bits per heavy atom. The van der Waals surface area contributed by atoms with Gasteiger partial charge in [-0.2, -0.15) is 0 Å². The largest absolute Gasteiger partial charge is 0.462 e. The molecule has 3 aromatic heterocycles. The highest BCUT2D eigenvalue weighted by Crippen LogP contribution is 2.57. The second-order valence-electron chi connectivity index (χ2n) is 11.6. The van der Waals surface area contributed by atoms with Gasteiger partial charge in [-0.3, -0.25) is 4.98 Å². The van der Waals surface area contributed by atoms with E-state index in [2.05, 4.69) is 20.3 Å². The molecule has 2 aliphatic rings. The van der Waals surface area contributed by atoms with Crippen LogP contribution >= 0.6 is 0 Å². The van der Waals surface area contributed by atoms with Crippen LogP contribution in [-0.4, -0.2) is 56.4 Å². The standard InChI is InChI=1S/C28H36FN7O4/c1-6-39-26(37)22-24(30)34-36-10-9-21(33-25(22)36)35-14-16-11-18(16)23(35)19-12-17(29)13-31-20(19)8-7-15(2)32-27(38)40-28(3,4)5/h9-10,12-13,15-16,18,23H,6-8,11,14H2,1-5H3,(H2,30,34)(H,32,38)/t15-,16?,18?,23?/m1/s1. The first kappa shape index (κ1) is 27.6. The van der Waals surface area contributed by atoms with Crippen molar-refractivity contribution in [2.24, 2.45) is 11.8 Å². The van der Waals surface area contributed by atoms with Gasteiger partial charge in [-0.15, -0.1) is 5.10 Å². The molecule has 214 valence electrons. The number of nitrogens with zero attached hydrogens (tertiary/aromatic N) is 5. The number of halogens is 1. The molecule has 2 fully saturated rings. The lowest BCUT2D eigenvalue weighted by atomic mass is 9.97. The Kier molecular flexibility index (Phi) is 7.28. The first-order valence-corrected chi connectivity index (χ1v) is 13.7. The molecular formula is C28H36FN7O4. The van der Waals surface area contributed by atoms with Crippen molar-refractivity contribution in [3.8, 4) is 0 Å². The topological polar surface area (TPSA) is 137 Å². The lowest BCUT2D eigenvalue weighted by Gasteiger charge is -2.30. The number of fused-ring (bicyclic) bond motifs is 2. The summed E-state index contributed by atoms with van der Waals surface area (Å²) in [6.45, 7) is 10.0. The average molecular weight is 554 g/mol. The number of nitrogens with two attached hydrogens (primary N) is 1. The molecule has 3 aromatic rings. The van der Waals surface area contributed by atoms with E-state index < -0.39 is 23.5 Å². The SMILES string of the molecule is CCOC(=O)c1c(N)nn2ccc(N3CC4CC4C3c3cc(F)cnc3CC[C@@H](C)NC(=O)OC(C)(C)C)nc12. The number of hydrogen-bond acceptors (Lipinski definition) is 9. The highest BCUT2D eigenvalue weighted by molar-refractivity contribution is 6.00. The van der Waals surface area contributed by atoms with Gasteiger partial charge in [0.05, 0.1) is 18.8 Å². The molecule has 0 radical (unpaired) electrons. The van der Waals surface area contributed by atoms with E-state index in [1.165, 1.54) is 10.7 Å². The molecule has 5 rings (SSSR count). The molecule has 1 aliphatic carbocycles. The van der Waals surface area contributed by atoms with Gasteiger partial charge >= 0.3 is 12.1 Å². The van der Waals surface area contributed by atoms with Crippen molar-refractivity contribution in [2.75, 3.05) is 23.8 Å². The number of piperidine rings is 1. The van der Waals surface area contributed by atoms with Crippen LogP contribution < -0.4 is 16.0 Å². The van der Waals surface area contributed by atoms with Gasteiger partial charge in [-0.1, -0.05) is 0 Å². The summed E-state index contributed by atoms with van der Waals surface area (Å²) in [4.78, 5) is 36.2. The minimum absolute atomic E-state index is 0.0506. The number of carbonyl (C=O) groups excluding carboxylic acids is 2. The van der Waals surface area contributed by atoms with Crippen LogP contribution in [0.2, 0.25) is 0 Å². The van der Waals surface area contributed by atoms with E-state index in [-0.39, 0.29) is 30.1 Å². The van der Waals surface area contributed by atoms with Crippen molar-refractivity contribution in [1.82, 2.24) is 24.9 Å². The van der Waals surface area contributed by atoms with Gasteiger partial charge in [0.25, 0.3) is 0 Å². The molecule has 40 heavy (non-hydrogen) atoms. The Balaban J connectivity index is 1.40. The second kappa shape index (κ2) is 10.5. The third kappa shape index (κ3) is 5.66. The van der Waals surface area contributed by atoms with Crippen LogP contribution in [-0.2, 0) is 15.9 Å². The summed E-state index contributed by atoms with van der Waals surface area (Å²) >= 11 is 0. The molecule has 4 heterocycles. The summed E-state index contributed by atoms with van der Waals surface area (Å²) in [6, 6.07) is 3.09. The van der Waals surface area contributed by atoms with Gasteiger partial charge in [-0.25, -0.2) is 23.5 Å². The summed E-state index contributed by atoms with van der Waals surface area (Å²) in [6.07, 6.45) is 4.68. The third-order valence-electron chi connectivity index (χ3n) is 7.29. The highest BCUT2D eigenvalue weighted by atomic mass is 19.1. The maximum atomic E-state index is 14.6. The Bertz CT molecular complexity index is 1440. The van der Waals surface area contributed by atoms with E-state index in [1.807, 2.05) is 33.8 Å². The molecule has 1 saturated carbocycles. The monoisotopic (exact) mass is 553 g/mol. The Morgan fingerprint density at radius 3 is 2.83 bits per heavy atom. The van der Waals surface area contributed by atoms with E-state index in [9.17, 15) is 14.0 Å². The first-order valence-electron chi connectivity index (χ1n) is 13.7. The minimum atomic E-state index is -0.584. The van der Waals surface area contributed by atoms with Crippen molar-refractivity contribution >= 4 is 29.3 Å². The van der Waals surface area contributed by atoms with Gasteiger partial charge in [0.1, 0.15) is 22.8 Å². The molecule has 1 aliphatic heterocycles. The van der Waals surface area contributed by atoms with Crippen LogP contribution in [0.25, 0.3) is 5.65 Å². The zero-order valence-corrected chi connectivity index (χ0v) is 23.5. The van der Waals surface area contributed by atoms with Gasteiger partial charge in [0, 0.05) is 24.5 Å². The molecule has 3 N–H and O–H groups in total. The van der Waals surface area contributed by atoms with Gasteiger partial charge in [0.15, 0.2) is 11.5 Å². The number of alkyl carbamates (subject to hydrolysis) is 1. The first-order chi connectivity index (χ1) is 18.9. The van der Waals surface area contributed by atoms with Crippen molar-refractivity contribution < 1.29 is 23.5 Å². The number of aromatic nitrogens is 4. The van der Waals surface area contributed by atoms with E-state index in [0.29, 0.717) is 36.1 Å². The average Bonchev–Trinajstić information content (AvgIpc) is 3.39. The van der Waals surface area contributed by atoms with E-state index >= 15 is 0 Å². The number of rotatable bonds is 8. The second-order valence-corrected chi connectivity index (χ2v) is 11.6. The lowest BCUT2D eigenvalue weighted by molar-refractivity contribution is 0.0502. The van der Waals surface area contributed by atoms with Gasteiger partial charge in [-0.05, 0) is 83.4 Å². The molecule has 0 spiro atoms. The number of nitrogens with one attached hydrogen (secondary N) is 1. The van der Waals surface area contributed by atoms with Gasteiger partial charge in [0.2, 0.25) is 0 Å². The number of aryl methyl sites for hydroxylation is 1. The van der Waals surface area contributed by atoms with E-state index in [1.54, 1.807) is 19.2 Å². The smallest absolute Gasteiger partial charge is 0.407 e. The molecular weight excluding hydrogens is 517 g/mol. The fourth-order valence-corrected chi connectivity index (χ4v) is 5.48. The number of ether oxygens (including phenoxy) is 2. The molecule has 1 saturated heterocycles. The predicted molar refractivity (Wildman–Crippen MR) is 146 cm³/mol. The van der Waals surface area contributed by atoms with Crippen LogP contribution in [0.5, 0.6) is 0 Å². The fourth-order valence-electron chi connectivity index (χ4n) is 5.48. The number of pyridine rings is 1. The van der Waals surface area contributed by atoms with Crippen LogP contribution in [0.3, 0.4) is 0 Å². The van der Waals surface area contributed by atoms with Crippen LogP contribution in [0.15, 0.2) is 24.5 Å². The third-order valence-corrected chi connectivity index (χ3v) is 7.29. The molecule has 1 amide bonds. The van der Waals surface area contributed by atoms with Crippen molar-refractivity contribution in [3.63, 3.8) is 0 Å². The zero-order chi connectivity index (χ0) is 28.8. The van der Waals surface area contributed by atoms with Crippen LogP contribution in [0.1, 0.15) is 75.1 Å². The molecule has 0 bridgehead atoms. The number of carbonyl (C=O) groups is 2. The van der Waals surface area contributed by atoms with Crippen molar-refractivity contribution in [3.05, 3.63) is 47.2 Å². The molecule has 4 atom stereocenters. The fraction of sp³-hybridized carbons (Fsp3) is 0.536. The Hall–Kier alpha value is -3.96. The molecule has 0 aromatic carbocycles. The minimum Gasteiger partial charge on any atom is -0.462 e. The molecule has 12 heteroatoms. The predicted octanol–water partition coefficient (Wildman–Crippen LogP) is 4.07. The van der Waals surface area contributed by atoms with E-state index in [4.69, 9.17) is 20.2 Å². The summed E-state index contributed by atoms with van der Waals surface area (Å²) in [5.41, 5.74) is 7.47. The van der Waals surface area contributed by atoms with Crippen molar-refractivity contribution in [2.45, 2.75) is 71.6 Å². The number of nitrogen functional groups attached to an aromatic ring is 1. The van der Waals surface area contributed by atoms with Gasteiger partial charge < -0.3 is 25.4 Å². The number of anilines is 2. The summed E-state index contributed by atoms with van der Waals surface area (Å²) in [7, 11) is 0. The summed E-state index contributed by atoms with van der Waals surface area (Å²) in [5.74, 6) is 0.522. The maximum Gasteiger partial charge on any atom is 0.407 e. The number of amides is 1. The maximum absolute atomic E-state index is 14.6. The summed E-state index contributed by atoms with van der Waals surface area (Å²) < 4.78 is 26.6. The van der Waals surface area contributed by atoms with E-state index in [0.717, 1.165) is 24.2 Å². The zero-order valence-electron chi connectivity index (χ0n) is 23.5. The van der Waals surface area contributed by atoms with Crippen LogP contribution in [0, 0.1) is 17.7 Å². The molecule has 11 nitrogen and oxygen atoms in total. The van der Waals surface area contributed by atoms with Crippen LogP contribution in [0.4, 0.5) is 20.8 Å².